The van der Waals surface area contributed by atoms with Crippen LogP contribution in [0.1, 0.15) is 0 Å². The number of carbonyl (C=O) groups is 3. The molecule has 0 spiro atoms. The molecular formula is C21H14N2O3. The second-order valence-corrected chi connectivity index (χ2v) is 5.81. The molecule has 0 unspecified atom stereocenters. The van der Waals surface area contributed by atoms with Crippen molar-refractivity contribution in [2.75, 3.05) is 9.80 Å². The molecule has 5 heteroatoms. The van der Waals surface area contributed by atoms with Gasteiger partial charge in [0, 0.05) is 0 Å². The topological polar surface area (TPSA) is 57.7 Å². The van der Waals surface area contributed by atoms with Gasteiger partial charge in [0.25, 0.3) is 0 Å². The SMILES string of the molecule is O=C1C(=O)N(c2ccc(-c3ccccc3)cc2)C(=O)N1c1ccccc1. The molecule has 0 bridgehead atoms. The molecule has 0 radical (unpaired) electrons. The predicted molar refractivity (Wildman–Crippen MR) is 98.7 cm³/mol. The number of rotatable bonds is 3. The van der Waals surface area contributed by atoms with E-state index in [9.17, 15) is 14.4 Å². The maximum absolute atomic E-state index is 12.7. The van der Waals surface area contributed by atoms with Crippen molar-refractivity contribution in [2.24, 2.45) is 0 Å². The molecule has 0 aliphatic carbocycles. The minimum atomic E-state index is -0.855. The van der Waals surface area contributed by atoms with Crippen LogP contribution in [0.4, 0.5) is 16.2 Å². The molecule has 0 aromatic heterocycles. The number of nitrogens with zero attached hydrogens (tertiary/aromatic N) is 2. The largest absolute Gasteiger partial charge is 0.343 e. The summed E-state index contributed by atoms with van der Waals surface area (Å²) in [6, 6.07) is 24.5. The lowest BCUT2D eigenvalue weighted by atomic mass is 10.1. The van der Waals surface area contributed by atoms with Crippen LogP contribution in [0.25, 0.3) is 11.1 Å². The molecule has 26 heavy (non-hydrogen) atoms. The molecule has 1 fully saturated rings. The monoisotopic (exact) mass is 342 g/mol. The van der Waals surface area contributed by atoms with Crippen LogP contribution in [0.2, 0.25) is 0 Å². The fraction of sp³-hybridized carbons (Fsp3) is 0. The van der Waals surface area contributed by atoms with Crippen molar-refractivity contribution in [1.29, 1.82) is 0 Å². The molecule has 1 aliphatic heterocycles. The molecule has 5 nitrogen and oxygen atoms in total. The lowest BCUT2D eigenvalue weighted by Crippen LogP contribution is -2.33. The van der Waals surface area contributed by atoms with Crippen molar-refractivity contribution in [1.82, 2.24) is 0 Å². The Hall–Kier alpha value is -3.73. The van der Waals surface area contributed by atoms with Crippen LogP contribution < -0.4 is 9.80 Å². The van der Waals surface area contributed by atoms with E-state index in [1.54, 1.807) is 42.5 Å². The number of anilines is 2. The lowest BCUT2D eigenvalue weighted by molar-refractivity contribution is -0.133. The predicted octanol–water partition coefficient (Wildman–Crippen LogP) is 3.85. The van der Waals surface area contributed by atoms with Crippen molar-refractivity contribution in [3.8, 4) is 11.1 Å². The molecular weight excluding hydrogens is 328 g/mol. The summed E-state index contributed by atoms with van der Waals surface area (Å²) in [5.74, 6) is -1.71. The number of carbonyl (C=O) groups excluding carboxylic acids is 3. The van der Waals surface area contributed by atoms with E-state index < -0.39 is 17.8 Å². The van der Waals surface area contributed by atoms with Crippen molar-refractivity contribution < 1.29 is 14.4 Å². The minimum absolute atomic E-state index is 0.367. The van der Waals surface area contributed by atoms with Gasteiger partial charge in [0.05, 0.1) is 11.4 Å². The van der Waals surface area contributed by atoms with Crippen LogP contribution >= 0.6 is 0 Å². The summed E-state index contributed by atoms with van der Waals surface area (Å²) in [4.78, 5) is 39.2. The highest BCUT2D eigenvalue weighted by molar-refractivity contribution is 6.60. The van der Waals surface area contributed by atoms with E-state index in [0.717, 1.165) is 20.9 Å². The number of imide groups is 2. The number of para-hydroxylation sites is 1. The van der Waals surface area contributed by atoms with Gasteiger partial charge in [-0.25, -0.2) is 14.6 Å². The fourth-order valence-corrected chi connectivity index (χ4v) is 2.93. The number of urea groups is 1. The van der Waals surface area contributed by atoms with E-state index in [1.165, 1.54) is 0 Å². The number of hydrogen-bond acceptors (Lipinski definition) is 3. The van der Waals surface area contributed by atoms with Gasteiger partial charge >= 0.3 is 17.8 Å². The molecule has 4 amide bonds. The highest BCUT2D eigenvalue weighted by Gasteiger charge is 2.46. The molecule has 4 rings (SSSR count). The van der Waals surface area contributed by atoms with Crippen LogP contribution in [-0.4, -0.2) is 17.8 Å². The van der Waals surface area contributed by atoms with Gasteiger partial charge in [0.2, 0.25) is 0 Å². The highest BCUT2D eigenvalue weighted by atomic mass is 16.2. The molecule has 1 aliphatic rings. The third-order valence-electron chi connectivity index (χ3n) is 4.22. The average molecular weight is 342 g/mol. The van der Waals surface area contributed by atoms with Gasteiger partial charge in [-0.3, -0.25) is 9.59 Å². The summed E-state index contributed by atoms with van der Waals surface area (Å²) >= 11 is 0. The van der Waals surface area contributed by atoms with Crippen LogP contribution in [0.5, 0.6) is 0 Å². The third kappa shape index (κ3) is 2.56. The maximum atomic E-state index is 12.7. The molecule has 1 heterocycles. The summed E-state index contributed by atoms with van der Waals surface area (Å²) in [7, 11) is 0. The summed E-state index contributed by atoms with van der Waals surface area (Å²) in [6.45, 7) is 0. The Bertz CT molecular complexity index is 983. The van der Waals surface area contributed by atoms with Crippen LogP contribution in [0, 0.1) is 0 Å². The number of benzene rings is 3. The van der Waals surface area contributed by atoms with Crippen LogP contribution in [-0.2, 0) is 9.59 Å². The Balaban J connectivity index is 1.67. The summed E-state index contributed by atoms with van der Waals surface area (Å²) in [5.41, 5.74) is 2.73. The normalized spacial score (nSPS) is 14.2. The van der Waals surface area contributed by atoms with E-state index in [4.69, 9.17) is 0 Å². The zero-order valence-electron chi connectivity index (χ0n) is 13.7. The van der Waals surface area contributed by atoms with Gasteiger partial charge in [-0.05, 0) is 35.4 Å². The maximum Gasteiger partial charge on any atom is 0.343 e. The lowest BCUT2D eigenvalue weighted by Gasteiger charge is -2.15. The Morgan fingerprint density at radius 3 is 1.42 bits per heavy atom. The first kappa shape index (κ1) is 15.8. The van der Waals surface area contributed by atoms with Crippen molar-refractivity contribution >= 4 is 29.2 Å². The Morgan fingerprint density at radius 1 is 0.462 bits per heavy atom. The Labute approximate surface area is 150 Å². The molecule has 0 atom stereocenters. The van der Waals surface area contributed by atoms with Gasteiger partial charge < -0.3 is 0 Å². The van der Waals surface area contributed by atoms with Crippen molar-refractivity contribution in [2.45, 2.75) is 0 Å². The fourth-order valence-electron chi connectivity index (χ4n) is 2.93. The van der Waals surface area contributed by atoms with E-state index in [-0.39, 0.29) is 0 Å². The second kappa shape index (κ2) is 6.29. The first-order valence-corrected chi connectivity index (χ1v) is 8.10. The van der Waals surface area contributed by atoms with Gasteiger partial charge in [0.1, 0.15) is 0 Å². The first-order chi connectivity index (χ1) is 12.7. The first-order valence-electron chi connectivity index (χ1n) is 8.10. The summed E-state index contributed by atoms with van der Waals surface area (Å²) in [6.07, 6.45) is 0. The quantitative estimate of drug-likeness (QED) is 0.536. The Morgan fingerprint density at radius 2 is 0.885 bits per heavy atom. The highest BCUT2D eigenvalue weighted by Crippen LogP contribution is 2.28. The zero-order valence-corrected chi connectivity index (χ0v) is 13.7. The summed E-state index contributed by atoms with van der Waals surface area (Å²) < 4.78 is 0. The van der Waals surface area contributed by atoms with Gasteiger partial charge in [0.15, 0.2) is 0 Å². The number of amides is 4. The van der Waals surface area contributed by atoms with Gasteiger partial charge in [-0.15, -0.1) is 0 Å². The second-order valence-electron chi connectivity index (χ2n) is 5.81. The Kier molecular flexibility index (Phi) is 3.82. The third-order valence-corrected chi connectivity index (χ3v) is 4.22. The molecule has 0 N–H and O–H groups in total. The van der Waals surface area contributed by atoms with Crippen LogP contribution in [0.15, 0.2) is 84.9 Å². The average Bonchev–Trinajstić information content (AvgIpc) is 2.92. The molecule has 0 saturated carbocycles. The van der Waals surface area contributed by atoms with Crippen molar-refractivity contribution in [3.63, 3.8) is 0 Å². The van der Waals surface area contributed by atoms with E-state index in [0.29, 0.717) is 11.4 Å². The smallest absolute Gasteiger partial charge is 0.262 e. The minimum Gasteiger partial charge on any atom is -0.262 e. The van der Waals surface area contributed by atoms with E-state index in [1.807, 2.05) is 42.5 Å². The molecule has 1 saturated heterocycles. The van der Waals surface area contributed by atoms with E-state index >= 15 is 0 Å². The van der Waals surface area contributed by atoms with Gasteiger partial charge in [-0.1, -0.05) is 60.7 Å². The number of hydrogen-bond donors (Lipinski definition) is 0. The molecule has 126 valence electrons. The van der Waals surface area contributed by atoms with Crippen LogP contribution in [0.3, 0.4) is 0 Å². The standard InChI is InChI=1S/C21H14N2O3/c24-19-20(25)23(21(26)22(19)17-9-5-2-6-10-17)18-13-11-16(12-14-18)15-7-3-1-4-8-15/h1-14H. The molecule has 3 aromatic rings. The molecule has 3 aromatic carbocycles. The van der Waals surface area contributed by atoms with Gasteiger partial charge in [-0.2, -0.15) is 0 Å². The van der Waals surface area contributed by atoms with Crippen molar-refractivity contribution in [3.05, 3.63) is 84.9 Å². The van der Waals surface area contributed by atoms with E-state index in [2.05, 4.69) is 0 Å². The summed E-state index contributed by atoms with van der Waals surface area (Å²) in [5, 5.41) is 0. The zero-order chi connectivity index (χ0) is 18.1.